The van der Waals surface area contributed by atoms with Gasteiger partial charge in [0, 0.05) is 13.1 Å². The minimum atomic E-state index is -3.55. The van der Waals surface area contributed by atoms with E-state index in [1.807, 2.05) is 18.2 Å². The molecule has 0 radical (unpaired) electrons. The predicted octanol–water partition coefficient (Wildman–Crippen LogP) is 3.19. The number of hydrogen-bond donors (Lipinski definition) is 0. The second-order valence-corrected chi connectivity index (χ2v) is 9.27. The molecule has 1 heterocycles. The lowest BCUT2D eigenvalue weighted by Gasteiger charge is -2.31. The third-order valence-corrected chi connectivity index (χ3v) is 7.19. The van der Waals surface area contributed by atoms with E-state index in [0.29, 0.717) is 30.3 Å². The van der Waals surface area contributed by atoms with Gasteiger partial charge in [-0.2, -0.15) is 4.31 Å². The maximum absolute atomic E-state index is 13.0. The molecule has 6 nitrogen and oxygen atoms in total. The summed E-state index contributed by atoms with van der Waals surface area (Å²) in [5.41, 5.74) is 1.96. The third kappa shape index (κ3) is 5.36. The van der Waals surface area contributed by atoms with Gasteiger partial charge in [-0.1, -0.05) is 30.3 Å². The fourth-order valence-corrected chi connectivity index (χ4v) is 5.15. The highest BCUT2D eigenvalue weighted by Gasteiger charge is 2.29. The molecule has 0 bridgehead atoms. The van der Waals surface area contributed by atoms with Crippen molar-refractivity contribution in [3.63, 3.8) is 0 Å². The molecular formula is C22H27NO5S. The van der Waals surface area contributed by atoms with Crippen molar-refractivity contribution in [2.75, 3.05) is 26.8 Å². The van der Waals surface area contributed by atoms with Crippen molar-refractivity contribution >= 4 is 16.0 Å². The van der Waals surface area contributed by atoms with Crippen LogP contribution in [0.3, 0.4) is 0 Å². The lowest BCUT2D eigenvalue weighted by Crippen LogP contribution is -2.38. The van der Waals surface area contributed by atoms with Gasteiger partial charge in [0.2, 0.25) is 10.0 Å². The van der Waals surface area contributed by atoms with Crippen molar-refractivity contribution < 1.29 is 22.7 Å². The van der Waals surface area contributed by atoms with Gasteiger partial charge in [0.1, 0.15) is 5.75 Å². The molecule has 29 heavy (non-hydrogen) atoms. The molecule has 0 aromatic heterocycles. The topological polar surface area (TPSA) is 72.9 Å². The van der Waals surface area contributed by atoms with E-state index in [-0.39, 0.29) is 11.5 Å². The van der Waals surface area contributed by atoms with Crippen LogP contribution in [0.1, 0.15) is 24.0 Å². The molecule has 1 fully saturated rings. The van der Waals surface area contributed by atoms with Crippen molar-refractivity contribution in [2.24, 2.45) is 5.92 Å². The predicted molar refractivity (Wildman–Crippen MR) is 110 cm³/mol. The summed E-state index contributed by atoms with van der Waals surface area (Å²) < 4.78 is 37.6. The number of esters is 1. The van der Waals surface area contributed by atoms with Crippen LogP contribution < -0.4 is 4.74 Å². The van der Waals surface area contributed by atoms with Crippen LogP contribution in [0.25, 0.3) is 0 Å². The number of piperidine rings is 1. The van der Waals surface area contributed by atoms with E-state index in [1.54, 1.807) is 23.4 Å². The molecule has 0 saturated carbocycles. The minimum absolute atomic E-state index is 0.210. The van der Waals surface area contributed by atoms with Crippen molar-refractivity contribution in [1.82, 2.24) is 4.31 Å². The molecule has 1 aliphatic heterocycles. The second kappa shape index (κ2) is 9.41. The van der Waals surface area contributed by atoms with Crippen molar-refractivity contribution in [3.05, 3.63) is 59.7 Å². The fourth-order valence-electron chi connectivity index (χ4n) is 3.59. The van der Waals surface area contributed by atoms with Gasteiger partial charge in [0.15, 0.2) is 6.61 Å². The van der Waals surface area contributed by atoms with Crippen LogP contribution in [0.2, 0.25) is 0 Å². The fraction of sp³-hybridized carbons (Fsp3) is 0.409. The Bertz CT molecular complexity index is 935. The molecule has 0 aliphatic carbocycles. The van der Waals surface area contributed by atoms with Crippen LogP contribution in [0.15, 0.2) is 53.4 Å². The summed E-state index contributed by atoms with van der Waals surface area (Å²) in [6.45, 7) is 2.61. The van der Waals surface area contributed by atoms with E-state index < -0.39 is 16.0 Å². The Morgan fingerprint density at radius 3 is 2.41 bits per heavy atom. The largest absolute Gasteiger partial charge is 0.482 e. The Balaban J connectivity index is 1.62. The molecule has 3 rings (SSSR count). The summed E-state index contributed by atoms with van der Waals surface area (Å²) in [6.07, 6.45) is 2.70. The van der Waals surface area contributed by atoms with Gasteiger partial charge in [-0.3, -0.25) is 0 Å². The van der Waals surface area contributed by atoms with Crippen molar-refractivity contribution in [1.29, 1.82) is 0 Å². The molecule has 0 atom stereocenters. The molecule has 1 aliphatic rings. The number of hydrogen-bond acceptors (Lipinski definition) is 5. The van der Waals surface area contributed by atoms with Gasteiger partial charge >= 0.3 is 5.97 Å². The molecule has 156 valence electrons. The second-order valence-electron chi connectivity index (χ2n) is 7.33. The highest BCUT2D eigenvalue weighted by atomic mass is 32.2. The first-order valence-electron chi connectivity index (χ1n) is 9.74. The van der Waals surface area contributed by atoms with Crippen molar-refractivity contribution in [3.8, 4) is 5.75 Å². The van der Waals surface area contributed by atoms with Gasteiger partial charge in [-0.25, -0.2) is 13.2 Å². The Morgan fingerprint density at radius 1 is 1.10 bits per heavy atom. The van der Waals surface area contributed by atoms with E-state index in [4.69, 9.17) is 4.74 Å². The van der Waals surface area contributed by atoms with E-state index in [1.165, 1.54) is 18.7 Å². The summed E-state index contributed by atoms with van der Waals surface area (Å²) in [4.78, 5) is 11.5. The number of benzene rings is 2. The lowest BCUT2D eigenvalue weighted by atomic mass is 9.91. The van der Waals surface area contributed by atoms with Crippen LogP contribution in [-0.2, 0) is 26.0 Å². The zero-order valence-electron chi connectivity index (χ0n) is 16.8. The van der Waals surface area contributed by atoms with Gasteiger partial charge in [-0.05, 0) is 61.4 Å². The number of sulfonamides is 1. The quantitative estimate of drug-likeness (QED) is 0.647. The zero-order chi connectivity index (χ0) is 20.9. The molecule has 2 aromatic rings. The van der Waals surface area contributed by atoms with Crippen LogP contribution in [0, 0.1) is 12.8 Å². The van der Waals surface area contributed by atoms with E-state index in [0.717, 1.165) is 19.3 Å². The minimum Gasteiger partial charge on any atom is -0.482 e. The Labute approximate surface area is 172 Å². The SMILES string of the molecule is COC(=O)COc1ccc(S(=O)(=O)N2CCC(Cc3ccccc3)CC2)cc1C. The molecule has 0 spiro atoms. The first kappa shape index (κ1) is 21.3. The number of ether oxygens (including phenoxy) is 2. The van der Waals surface area contributed by atoms with Gasteiger partial charge < -0.3 is 9.47 Å². The summed E-state index contributed by atoms with van der Waals surface area (Å²) in [6, 6.07) is 15.0. The first-order chi connectivity index (χ1) is 13.9. The molecular weight excluding hydrogens is 390 g/mol. The van der Waals surface area contributed by atoms with Crippen LogP contribution in [-0.4, -0.2) is 45.5 Å². The number of nitrogens with zero attached hydrogens (tertiary/aromatic N) is 1. The molecule has 1 saturated heterocycles. The Morgan fingerprint density at radius 2 is 1.79 bits per heavy atom. The standard InChI is InChI=1S/C22H27NO5S/c1-17-14-20(8-9-21(17)28-16-22(24)27-2)29(25,26)23-12-10-19(11-13-23)15-18-6-4-3-5-7-18/h3-9,14,19H,10-13,15-16H2,1-2H3. The summed E-state index contributed by atoms with van der Waals surface area (Å²) in [5, 5.41) is 0. The molecule has 7 heteroatoms. The number of carbonyl (C=O) groups excluding carboxylic acids is 1. The van der Waals surface area contributed by atoms with Crippen LogP contribution in [0.4, 0.5) is 0 Å². The Hall–Kier alpha value is -2.38. The summed E-state index contributed by atoms with van der Waals surface area (Å²) in [5.74, 6) is 0.482. The van der Waals surface area contributed by atoms with Gasteiger partial charge in [0.05, 0.1) is 12.0 Å². The molecule has 0 unspecified atom stereocenters. The number of methoxy groups -OCH3 is 1. The molecule has 0 N–H and O–H groups in total. The average Bonchev–Trinajstić information content (AvgIpc) is 2.73. The average molecular weight is 418 g/mol. The monoisotopic (exact) mass is 417 g/mol. The van der Waals surface area contributed by atoms with Crippen molar-refractivity contribution in [2.45, 2.75) is 31.1 Å². The van der Waals surface area contributed by atoms with Gasteiger partial charge in [-0.15, -0.1) is 0 Å². The number of carbonyl (C=O) groups is 1. The maximum atomic E-state index is 13.0. The first-order valence-corrected chi connectivity index (χ1v) is 11.2. The van der Waals surface area contributed by atoms with Gasteiger partial charge in [0.25, 0.3) is 0 Å². The van der Waals surface area contributed by atoms with Crippen LogP contribution in [0.5, 0.6) is 5.75 Å². The lowest BCUT2D eigenvalue weighted by molar-refractivity contribution is -0.142. The molecule has 0 amide bonds. The highest BCUT2D eigenvalue weighted by Crippen LogP contribution is 2.28. The number of rotatable bonds is 7. The normalized spacial score (nSPS) is 15.8. The summed E-state index contributed by atoms with van der Waals surface area (Å²) in [7, 11) is -2.26. The smallest absolute Gasteiger partial charge is 0.343 e. The number of aryl methyl sites for hydroxylation is 1. The summed E-state index contributed by atoms with van der Waals surface area (Å²) >= 11 is 0. The highest BCUT2D eigenvalue weighted by molar-refractivity contribution is 7.89. The maximum Gasteiger partial charge on any atom is 0.343 e. The third-order valence-electron chi connectivity index (χ3n) is 5.30. The molecule has 2 aromatic carbocycles. The van der Waals surface area contributed by atoms with E-state index >= 15 is 0 Å². The van der Waals surface area contributed by atoms with Crippen LogP contribution >= 0.6 is 0 Å². The van der Waals surface area contributed by atoms with E-state index in [2.05, 4.69) is 16.9 Å². The Kier molecular flexibility index (Phi) is 6.92. The zero-order valence-corrected chi connectivity index (χ0v) is 17.7. The van der Waals surface area contributed by atoms with E-state index in [9.17, 15) is 13.2 Å².